The van der Waals surface area contributed by atoms with E-state index in [4.69, 9.17) is 11.6 Å². The third-order valence-electron chi connectivity index (χ3n) is 5.20. The lowest BCUT2D eigenvalue weighted by Gasteiger charge is -2.31. The Morgan fingerprint density at radius 3 is 2.85 bits per heavy atom. The second kappa shape index (κ2) is 6.71. The summed E-state index contributed by atoms with van der Waals surface area (Å²) in [5.41, 5.74) is 5.83. The van der Waals surface area contributed by atoms with Crippen LogP contribution in [0.25, 0.3) is 6.08 Å². The van der Waals surface area contributed by atoms with E-state index < -0.39 is 0 Å². The van der Waals surface area contributed by atoms with Gasteiger partial charge in [-0.2, -0.15) is 0 Å². The average molecular weight is 375 g/mol. The minimum Gasteiger partial charge on any atom is -0.369 e. The summed E-state index contributed by atoms with van der Waals surface area (Å²) in [6, 6.07) is 16.9. The van der Waals surface area contributed by atoms with E-state index in [0.29, 0.717) is 5.15 Å². The predicted octanol–water partition coefficient (Wildman–Crippen LogP) is 5.39. The van der Waals surface area contributed by atoms with Gasteiger partial charge in [0, 0.05) is 12.1 Å². The van der Waals surface area contributed by atoms with Crippen LogP contribution in [0, 0.1) is 0 Å². The van der Waals surface area contributed by atoms with Crippen LogP contribution in [0.1, 0.15) is 29.2 Å². The van der Waals surface area contributed by atoms with Gasteiger partial charge in [0.2, 0.25) is 0 Å². The molecule has 3 heterocycles. The number of rotatable bonds is 2. The van der Waals surface area contributed by atoms with E-state index in [1.165, 1.54) is 22.4 Å². The van der Waals surface area contributed by atoms with E-state index in [1.807, 2.05) is 18.2 Å². The lowest BCUT2D eigenvalue weighted by Crippen LogP contribution is -2.26. The summed E-state index contributed by atoms with van der Waals surface area (Å²) in [6.07, 6.45) is 8.06. The Hall–Kier alpha value is -2.85. The van der Waals surface area contributed by atoms with Crippen LogP contribution < -0.4 is 10.2 Å². The zero-order chi connectivity index (χ0) is 18.2. The monoisotopic (exact) mass is 374 g/mol. The molecule has 27 heavy (non-hydrogen) atoms. The number of nitrogens with zero attached hydrogens (tertiary/aromatic N) is 3. The molecule has 2 aliphatic rings. The van der Waals surface area contributed by atoms with Gasteiger partial charge in [-0.1, -0.05) is 72.3 Å². The van der Waals surface area contributed by atoms with E-state index >= 15 is 0 Å². The van der Waals surface area contributed by atoms with Gasteiger partial charge in [0.05, 0.1) is 11.7 Å². The second-order valence-electron chi connectivity index (χ2n) is 6.87. The van der Waals surface area contributed by atoms with Crippen LogP contribution in [0.15, 0.2) is 60.9 Å². The van der Waals surface area contributed by atoms with Gasteiger partial charge in [0.1, 0.15) is 12.0 Å². The Morgan fingerprint density at radius 2 is 1.96 bits per heavy atom. The van der Waals surface area contributed by atoms with Gasteiger partial charge in [0.25, 0.3) is 0 Å². The molecule has 1 atom stereocenters. The average Bonchev–Trinajstić information content (AvgIpc) is 2.85. The molecule has 1 N–H and O–H groups in total. The molecule has 1 unspecified atom stereocenters. The number of aromatic nitrogens is 2. The maximum Gasteiger partial charge on any atom is 0.161 e. The molecule has 0 saturated heterocycles. The number of hydrogen-bond acceptors (Lipinski definition) is 4. The zero-order valence-corrected chi connectivity index (χ0v) is 15.5. The van der Waals surface area contributed by atoms with Gasteiger partial charge < -0.3 is 10.2 Å². The van der Waals surface area contributed by atoms with Crippen molar-refractivity contribution in [3.63, 3.8) is 0 Å². The number of hydrogen-bond donors (Lipinski definition) is 1. The van der Waals surface area contributed by atoms with Crippen LogP contribution in [0.2, 0.25) is 5.15 Å². The Kier molecular flexibility index (Phi) is 4.06. The molecule has 4 nitrogen and oxygen atoms in total. The molecule has 3 aromatic rings. The van der Waals surface area contributed by atoms with Crippen LogP contribution in [-0.2, 0) is 6.42 Å². The first-order valence-electron chi connectivity index (χ1n) is 9.21. The molecule has 0 amide bonds. The number of para-hydroxylation sites is 1. The maximum atomic E-state index is 6.46. The van der Waals surface area contributed by atoms with Crippen molar-refractivity contribution in [1.29, 1.82) is 0 Å². The number of anilines is 3. The first-order chi connectivity index (χ1) is 13.3. The van der Waals surface area contributed by atoms with E-state index in [1.54, 1.807) is 6.33 Å². The Balaban J connectivity index is 1.68. The number of halogens is 1. The third-order valence-corrected chi connectivity index (χ3v) is 5.49. The fraction of sp³-hybridized carbons (Fsp3) is 0.182. The van der Waals surface area contributed by atoms with Crippen molar-refractivity contribution < 1.29 is 0 Å². The van der Waals surface area contributed by atoms with Crippen molar-refractivity contribution in [3.8, 4) is 0 Å². The molecule has 5 heteroatoms. The molecular weight excluding hydrogens is 356 g/mol. The predicted molar refractivity (Wildman–Crippen MR) is 111 cm³/mol. The topological polar surface area (TPSA) is 41.1 Å². The SMILES string of the molecule is Clc1ncnc2c1NC(C=Cc1ccccc1)c1cccc3c1N2CCC3. The Labute approximate surface area is 163 Å². The highest BCUT2D eigenvalue weighted by Gasteiger charge is 2.31. The van der Waals surface area contributed by atoms with Gasteiger partial charge >= 0.3 is 0 Å². The van der Waals surface area contributed by atoms with Gasteiger partial charge in [-0.05, 0) is 24.0 Å². The highest BCUT2D eigenvalue weighted by Crippen LogP contribution is 2.46. The molecule has 1 aromatic heterocycles. The molecule has 2 aliphatic heterocycles. The quantitative estimate of drug-likeness (QED) is 0.610. The summed E-state index contributed by atoms with van der Waals surface area (Å²) in [7, 11) is 0. The molecule has 134 valence electrons. The smallest absolute Gasteiger partial charge is 0.161 e. The molecule has 0 bridgehead atoms. The number of fused-ring (bicyclic) bond motifs is 2. The second-order valence-corrected chi connectivity index (χ2v) is 7.22. The minimum atomic E-state index is -0.00879. The Morgan fingerprint density at radius 1 is 1.07 bits per heavy atom. The van der Waals surface area contributed by atoms with E-state index in [0.717, 1.165) is 30.9 Å². The molecule has 0 fully saturated rings. The summed E-state index contributed by atoms with van der Waals surface area (Å²) in [5.74, 6) is 0.860. The van der Waals surface area contributed by atoms with Crippen molar-refractivity contribution in [1.82, 2.24) is 9.97 Å². The van der Waals surface area contributed by atoms with Crippen molar-refractivity contribution in [3.05, 3.63) is 82.8 Å². The summed E-state index contributed by atoms with van der Waals surface area (Å²) in [6.45, 7) is 0.932. The summed E-state index contributed by atoms with van der Waals surface area (Å²) < 4.78 is 0. The largest absolute Gasteiger partial charge is 0.369 e. The van der Waals surface area contributed by atoms with Crippen molar-refractivity contribution >= 4 is 34.9 Å². The standard InChI is InChI=1S/C22H19ClN4/c23-21-19-22(25-14-24-21)27-13-5-9-16-8-4-10-17(20(16)27)18(26-19)12-11-15-6-2-1-3-7-15/h1-4,6-8,10-12,14,18,26H,5,9,13H2. The van der Waals surface area contributed by atoms with Gasteiger partial charge in [-0.25, -0.2) is 9.97 Å². The van der Waals surface area contributed by atoms with E-state index in [2.05, 4.69) is 62.7 Å². The summed E-state index contributed by atoms with van der Waals surface area (Å²) >= 11 is 6.46. The molecule has 0 radical (unpaired) electrons. The van der Waals surface area contributed by atoms with Crippen molar-refractivity contribution in [2.45, 2.75) is 18.9 Å². The van der Waals surface area contributed by atoms with Crippen LogP contribution in [0.4, 0.5) is 17.2 Å². The van der Waals surface area contributed by atoms with Gasteiger partial charge in [0.15, 0.2) is 11.0 Å². The van der Waals surface area contributed by atoms with Crippen LogP contribution in [0.3, 0.4) is 0 Å². The first kappa shape index (κ1) is 16.3. The van der Waals surface area contributed by atoms with Gasteiger partial charge in [-0.15, -0.1) is 0 Å². The first-order valence-corrected chi connectivity index (χ1v) is 9.58. The van der Waals surface area contributed by atoms with Crippen molar-refractivity contribution in [2.24, 2.45) is 0 Å². The number of nitrogens with one attached hydrogen (secondary N) is 1. The highest BCUT2D eigenvalue weighted by molar-refractivity contribution is 6.32. The van der Waals surface area contributed by atoms with Crippen LogP contribution in [0.5, 0.6) is 0 Å². The molecule has 5 rings (SSSR count). The molecule has 2 aromatic carbocycles. The molecule has 0 saturated carbocycles. The Bertz CT molecular complexity index is 1020. The van der Waals surface area contributed by atoms with Crippen LogP contribution >= 0.6 is 11.6 Å². The minimum absolute atomic E-state index is 0.00879. The lowest BCUT2D eigenvalue weighted by atomic mass is 9.94. The van der Waals surface area contributed by atoms with E-state index in [9.17, 15) is 0 Å². The zero-order valence-electron chi connectivity index (χ0n) is 14.8. The molecular formula is C22H19ClN4. The van der Waals surface area contributed by atoms with Crippen molar-refractivity contribution in [2.75, 3.05) is 16.8 Å². The third kappa shape index (κ3) is 2.86. The fourth-order valence-electron chi connectivity index (χ4n) is 3.99. The summed E-state index contributed by atoms with van der Waals surface area (Å²) in [4.78, 5) is 11.1. The van der Waals surface area contributed by atoms with E-state index in [-0.39, 0.29) is 6.04 Å². The maximum absolute atomic E-state index is 6.46. The fourth-order valence-corrected chi connectivity index (χ4v) is 4.17. The highest BCUT2D eigenvalue weighted by atomic mass is 35.5. The molecule has 0 aliphatic carbocycles. The normalized spacial score (nSPS) is 17.8. The van der Waals surface area contributed by atoms with Crippen LogP contribution in [-0.4, -0.2) is 16.5 Å². The lowest BCUT2D eigenvalue weighted by molar-refractivity contribution is 0.756. The molecule has 0 spiro atoms. The van der Waals surface area contributed by atoms with Gasteiger partial charge in [-0.3, -0.25) is 0 Å². The number of benzene rings is 2. The summed E-state index contributed by atoms with van der Waals surface area (Å²) in [5, 5.41) is 4.04. The number of aryl methyl sites for hydroxylation is 1.